The molecule has 1 aliphatic rings. The van der Waals surface area contributed by atoms with Crippen molar-refractivity contribution in [2.45, 2.75) is 39.2 Å². The summed E-state index contributed by atoms with van der Waals surface area (Å²) in [6, 6.07) is 9.69. The Hall–Kier alpha value is -1.35. The molecule has 0 aliphatic carbocycles. The summed E-state index contributed by atoms with van der Waals surface area (Å²) < 4.78 is 0. The fourth-order valence-electron chi connectivity index (χ4n) is 3.05. The van der Waals surface area contributed by atoms with Crippen LogP contribution in [-0.2, 0) is 4.79 Å². The van der Waals surface area contributed by atoms with Crippen LogP contribution in [0.2, 0.25) is 0 Å². The standard InChI is InChI=1S/C17H26N2O/c1-13(2)10-14-8-9-19(12-14)17(20)11-16(18)15-6-4-3-5-7-15/h3-7,13-14,16H,8-12,18H2,1-2H3. The van der Waals surface area contributed by atoms with Crippen LogP contribution in [0.1, 0.15) is 44.7 Å². The third-order valence-corrected chi connectivity index (χ3v) is 4.07. The molecule has 3 heteroatoms. The molecule has 2 atom stereocenters. The number of benzene rings is 1. The van der Waals surface area contributed by atoms with Gasteiger partial charge in [0.2, 0.25) is 5.91 Å². The van der Waals surface area contributed by atoms with Gasteiger partial charge < -0.3 is 10.6 Å². The number of hydrogen-bond acceptors (Lipinski definition) is 2. The molecule has 1 aromatic carbocycles. The zero-order chi connectivity index (χ0) is 14.5. The Morgan fingerprint density at radius 2 is 2.05 bits per heavy atom. The highest BCUT2D eigenvalue weighted by Crippen LogP contribution is 2.25. The van der Waals surface area contributed by atoms with E-state index >= 15 is 0 Å². The van der Waals surface area contributed by atoms with Crippen LogP contribution in [0.4, 0.5) is 0 Å². The molecule has 0 saturated carbocycles. The van der Waals surface area contributed by atoms with Crippen molar-refractivity contribution in [1.29, 1.82) is 0 Å². The van der Waals surface area contributed by atoms with Gasteiger partial charge in [0.15, 0.2) is 0 Å². The van der Waals surface area contributed by atoms with Gasteiger partial charge in [0.05, 0.1) is 0 Å². The minimum atomic E-state index is -0.187. The lowest BCUT2D eigenvalue weighted by Gasteiger charge is -2.20. The first kappa shape index (κ1) is 15.0. The molecule has 1 saturated heterocycles. The Kier molecular flexibility index (Phi) is 5.18. The van der Waals surface area contributed by atoms with Gasteiger partial charge in [-0.3, -0.25) is 4.79 Å². The summed E-state index contributed by atoms with van der Waals surface area (Å²) in [5.74, 6) is 1.58. The smallest absolute Gasteiger partial charge is 0.224 e. The molecular weight excluding hydrogens is 248 g/mol. The number of nitrogens with two attached hydrogens (primary N) is 1. The quantitative estimate of drug-likeness (QED) is 0.897. The topological polar surface area (TPSA) is 46.3 Å². The Bertz CT molecular complexity index is 430. The van der Waals surface area contributed by atoms with Crippen LogP contribution in [0.3, 0.4) is 0 Å². The van der Waals surface area contributed by atoms with E-state index in [0.29, 0.717) is 18.3 Å². The number of rotatable bonds is 5. The molecule has 1 aliphatic heterocycles. The zero-order valence-electron chi connectivity index (χ0n) is 12.6. The van der Waals surface area contributed by atoms with Crippen LogP contribution in [0.5, 0.6) is 0 Å². The highest BCUT2D eigenvalue weighted by molar-refractivity contribution is 5.77. The molecule has 1 amide bonds. The van der Waals surface area contributed by atoms with Crippen molar-refractivity contribution in [2.75, 3.05) is 13.1 Å². The molecule has 2 unspecified atom stereocenters. The van der Waals surface area contributed by atoms with Gasteiger partial charge in [-0.2, -0.15) is 0 Å². The van der Waals surface area contributed by atoms with Gasteiger partial charge in [0.1, 0.15) is 0 Å². The van der Waals surface area contributed by atoms with E-state index in [-0.39, 0.29) is 11.9 Å². The average molecular weight is 274 g/mol. The maximum atomic E-state index is 12.3. The van der Waals surface area contributed by atoms with Crippen molar-refractivity contribution in [3.8, 4) is 0 Å². The van der Waals surface area contributed by atoms with E-state index in [1.165, 1.54) is 6.42 Å². The molecule has 0 aromatic heterocycles. The number of carbonyl (C=O) groups excluding carboxylic acids is 1. The van der Waals surface area contributed by atoms with E-state index in [1.54, 1.807) is 0 Å². The van der Waals surface area contributed by atoms with Gasteiger partial charge in [-0.25, -0.2) is 0 Å². The first-order valence-electron chi connectivity index (χ1n) is 7.64. The van der Waals surface area contributed by atoms with Gasteiger partial charge in [0, 0.05) is 25.6 Å². The highest BCUT2D eigenvalue weighted by atomic mass is 16.2. The van der Waals surface area contributed by atoms with Gasteiger partial charge in [-0.1, -0.05) is 44.2 Å². The predicted molar refractivity (Wildman–Crippen MR) is 82.1 cm³/mol. The predicted octanol–water partition coefficient (Wildman–Crippen LogP) is 2.97. The van der Waals surface area contributed by atoms with Crippen molar-refractivity contribution in [1.82, 2.24) is 4.90 Å². The molecule has 2 rings (SSSR count). The second-order valence-corrected chi connectivity index (χ2v) is 6.35. The summed E-state index contributed by atoms with van der Waals surface area (Å²) >= 11 is 0. The van der Waals surface area contributed by atoms with Crippen LogP contribution >= 0.6 is 0 Å². The van der Waals surface area contributed by atoms with Crippen LogP contribution in [-0.4, -0.2) is 23.9 Å². The molecule has 0 bridgehead atoms. The van der Waals surface area contributed by atoms with Crippen molar-refractivity contribution in [3.63, 3.8) is 0 Å². The summed E-state index contributed by atoms with van der Waals surface area (Å²) in [6.07, 6.45) is 2.78. The fraction of sp³-hybridized carbons (Fsp3) is 0.588. The molecule has 1 heterocycles. The molecule has 3 nitrogen and oxygen atoms in total. The lowest BCUT2D eigenvalue weighted by Crippen LogP contribution is -2.31. The average Bonchev–Trinajstić information content (AvgIpc) is 2.87. The van der Waals surface area contributed by atoms with Crippen LogP contribution in [0, 0.1) is 11.8 Å². The second kappa shape index (κ2) is 6.89. The monoisotopic (exact) mass is 274 g/mol. The Morgan fingerprint density at radius 3 is 2.70 bits per heavy atom. The minimum absolute atomic E-state index is 0.187. The van der Waals surface area contributed by atoms with Gasteiger partial charge in [-0.15, -0.1) is 0 Å². The number of hydrogen-bond donors (Lipinski definition) is 1. The van der Waals surface area contributed by atoms with E-state index < -0.39 is 0 Å². The van der Waals surface area contributed by atoms with Crippen molar-refractivity contribution >= 4 is 5.91 Å². The lowest BCUT2D eigenvalue weighted by atomic mass is 9.97. The Labute approximate surface area is 122 Å². The normalized spacial score (nSPS) is 20.4. The maximum Gasteiger partial charge on any atom is 0.224 e. The number of likely N-dealkylation sites (tertiary alicyclic amines) is 1. The van der Waals surface area contributed by atoms with Crippen molar-refractivity contribution in [3.05, 3.63) is 35.9 Å². The van der Waals surface area contributed by atoms with Gasteiger partial charge >= 0.3 is 0 Å². The summed E-state index contributed by atoms with van der Waals surface area (Å²) in [7, 11) is 0. The molecule has 0 spiro atoms. The molecule has 20 heavy (non-hydrogen) atoms. The maximum absolute atomic E-state index is 12.3. The number of carbonyl (C=O) groups is 1. The fourth-order valence-corrected chi connectivity index (χ4v) is 3.05. The number of nitrogens with zero attached hydrogens (tertiary/aromatic N) is 1. The Morgan fingerprint density at radius 1 is 1.35 bits per heavy atom. The molecular formula is C17H26N2O. The molecule has 110 valence electrons. The van der Waals surface area contributed by atoms with Crippen molar-refractivity contribution in [2.24, 2.45) is 17.6 Å². The van der Waals surface area contributed by atoms with Gasteiger partial charge in [-0.05, 0) is 30.2 Å². The molecule has 0 radical (unpaired) electrons. The SMILES string of the molecule is CC(C)CC1CCN(C(=O)CC(N)c2ccccc2)C1. The van der Waals surface area contributed by atoms with Crippen molar-refractivity contribution < 1.29 is 4.79 Å². The van der Waals surface area contributed by atoms with Crippen LogP contribution in [0.15, 0.2) is 30.3 Å². The molecule has 1 fully saturated rings. The summed E-state index contributed by atoms with van der Waals surface area (Å²) in [5, 5.41) is 0. The molecule has 1 aromatic rings. The second-order valence-electron chi connectivity index (χ2n) is 6.35. The summed E-state index contributed by atoms with van der Waals surface area (Å²) in [4.78, 5) is 14.3. The number of amides is 1. The van der Waals surface area contributed by atoms with Crippen LogP contribution < -0.4 is 5.73 Å². The molecule has 2 N–H and O–H groups in total. The van der Waals surface area contributed by atoms with E-state index in [2.05, 4.69) is 13.8 Å². The van der Waals surface area contributed by atoms with Crippen LogP contribution in [0.25, 0.3) is 0 Å². The first-order chi connectivity index (χ1) is 9.56. The first-order valence-corrected chi connectivity index (χ1v) is 7.64. The largest absolute Gasteiger partial charge is 0.342 e. The highest BCUT2D eigenvalue weighted by Gasteiger charge is 2.27. The Balaban J connectivity index is 1.84. The third-order valence-electron chi connectivity index (χ3n) is 4.07. The van der Waals surface area contributed by atoms with Gasteiger partial charge in [0.25, 0.3) is 0 Å². The summed E-state index contributed by atoms with van der Waals surface area (Å²) in [6.45, 7) is 6.31. The van der Waals surface area contributed by atoms with E-state index in [1.807, 2.05) is 35.2 Å². The third kappa shape index (κ3) is 4.07. The van der Waals surface area contributed by atoms with E-state index in [0.717, 1.165) is 25.1 Å². The summed E-state index contributed by atoms with van der Waals surface area (Å²) in [5.41, 5.74) is 7.17. The minimum Gasteiger partial charge on any atom is -0.342 e. The van der Waals surface area contributed by atoms with E-state index in [4.69, 9.17) is 5.73 Å². The zero-order valence-corrected chi connectivity index (χ0v) is 12.6. The van der Waals surface area contributed by atoms with E-state index in [9.17, 15) is 4.79 Å². The lowest BCUT2D eigenvalue weighted by molar-refractivity contribution is -0.130.